The SMILES string of the molecule is CC1CCCCN1C(=O)CNc1ccccc1Br. The topological polar surface area (TPSA) is 32.3 Å². The van der Waals surface area contributed by atoms with Gasteiger partial charge in [0.2, 0.25) is 5.91 Å². The zero-order chi connectivity index (χ0) is 13.0. The summed E-state index contributed by atoms with van der Waals surface area (Å²) in [7, 11) is 0. The molecule has 1 N–H and O–H groups in total. The number of piperidine rings is 1. The van der Waals surface area contributed by atoms with Crippen LogP contribution in [0.4, 0.5) is 5.69 Å². The zero-order valence-electron chi connectivity index (χ0n) is 10.7. The normalized spacial score (nSPS) is 19.7. The Bertz CT molecular complexity index is 422. The molecule has 1 amide bonds. The van der Waals surface area contributed by atoms with E-state index in [0.717, 1.165) is 29.5 Å². The van der Waals surface area contributed by atoms with Gasteiger partial charge >= 0.3 is 0 Å². The number of para-hydroxylation sites is 1. The van der Waals surface area contributed by atoms with E-state index in [1.54, 1.807) is 0 Å². The molecule has 0 aromatic heterocycles. The van der Waals surface area contributed by atoms with E-state index in [4.69, 9.17) is 0 Å². The predicted molar refractivity (Wildman–Crippen MR) is 77.7 cm³/mol. The Hall–Kier alpha value is -1.03. The Morgan fingerprint density at radius 3 is 2.94 bits per heavy atom. The number of nitrogens with zero attached hydrogens (tertiary/aromatic N) is 1. The molecule has 1 aliphatic heterocycles. The highest BCUT2D eigenvalue weighted by atomic mass is 79.9. The molecule has 18 heavy (non-hydrogen) atoms. The number of carbonyl (C=O) groups excluding carboxylic acids is 1. The number of hydrogen-bond donors (Lipinski definition) is 1. The van der Waals surface area contributed by atoms with Gasteiger partial charge in [0, 0.05) is 22.7 Å². The fraction of sp³-hybridized carbons (Fsp3) is 0.500. The van der Waals surface area contributed by atoms with Crippen molar-refractivity contribution in [2.24, 2.45) is 0 Å². The third kappa shape index (κ3) is 3.25. The lowest BCUT2D eigenvalue weighted by Crippen LogP contribution is -2.44. The molecule has 1 atom stereocenters. The van der Waals surface area contributed by atoms with Gasteiger partial charge in [-0.15, -0.1) is 0 Å². The highest BCUT2D eigenvalue weighted by Crippen LogP contribution is 2.21. The monoisotopic (exact) mass is 310 g/mol. The smallest absolute Gasteiger partial charge is 0.242 e. The molecule has 1 aliphatic rings. The van der Waals surface area contributed by atoms with Crippen LogP contribution < -0.4 is 5.32 Å². The molecule has 1 saturated heterocycles. The van der Waals surface area contributed by atoms with Crippen molar-refractivity contribution in [2.75, 3.05) is 18.4 Å². The number of amides is 1. The van der Waals surface area contributed by atoms with Crippen LogP contribution in [0.5, 0.6) is 0 Å². The van der Waals surface area contributed by atoms with Crippen molar-refractivity contribution in [3.63, 3.8) is 0 Å². The summed E-state index contributed by atoms with van der Waals surface area (Å²) in [4.78, 5) is 14.1. The molecule has 0 saturated carbocycles. The number of benzene rings is 1. The van der Waals surface area contributed by atoms with Crippen molar-refractivity contribution in [1.29, 1.82) is 0 Å². The maximum Gasteiger partial charge on any atom is 0.242 e. The van der Waals surface area contributed by atoms with Gasteiger partial charge in [-0.25, -0.2) is 0 Å². The minimum absolute atomic E-state index is 0.193. The van der Waals surface area contributed by atoms with Gasteiger partial charge in [0.1, 0.15) is 0 Å². The molecular formula is C14H19BrN2O. The minimum atomic E-state index is 0.193. The molecule has 0 spiro atoms. The number of carbonyl (C=O) groups is 1. The summed E-state index contributed by atoms with van der Waals surface area (Å²) in [5, 5.41) is 3.19. The van der Waals surface area contributed by atoms with Crippen molar-refractivity contribution in [1.82, 2.24) is 4.90 Å². The molecule has 98 valence electrons. The number of likely N-dealkylation sites (tertiary alicyclic amines) is 1. The van der Waals surface area contributed by atoms with Crippen LogP contribution in [-0.2, 0) is 4.79 Å². The molecule has 1 aromatic carbocycles. The van der Waals surface area contributed by atoms with Gasteiger partial charge in [0.05, 0.1) is 6.54 Å². The standard InChI is InChI=1S/C14H19BrN2O/c1-11-6-4-5-9-17(11)14(18)10-16-13-8-3-2-7-12(13)15/h2-3,7-8,11,16H,4-6,9-10H2,1H3. The van der Waals surface area contributed by atoms with Gasteiger partial charge in [-0.05, 0) is 54.2 Å². The molecule has 2 rings (SSSR count). The van der Waals surface area contributed by atoms with Gasteiger partial charge in [0.15, 0.2) is 0 Å². The van der Waals surface area contributed by atoms with Crippen LogP contribution in [0, 0.1) is 0 Å². The Balaban J connectivity index is 1.90. The maximum atomic E-state index is 12.1. The Labute approximate surface area is 117 Å². The van der Waals surface area contributed by atoms with E-state index in [9.17, 15) is 4.79 Å². The second-order valence-electron chi connectivity index (χ2n) is 4.77. The van der Waals surface area contributed by atoms with Crippen LogP contribution in [0.15, 0.2) is 28.7 Å². The third-order valence-electron chi connectivity index (χ3n) is 3.43. The molecule has 1 aromatic rings. The van der Waals surface area contributed by atoms with Crippen molar-refractivity contribution < 1.29 is 4.79 Å². The Kier molecular flexibility index (Phi) is 4.64. The van der Waals surface area contributed by atoms with Gasteiger partial charge < -0.3 is 10.2 Å². The molecule has 0 radical (unpaired) electrons. The quantitative estimate of drug-likeness (QED) is 0.929. The second kappa shape index (κ2) is 6.23. The van der Waals surface area contributed by atoms with Crippen molar-refractivity contribution in [2.45, 2.75) is 32.2 Å². The summed E-state index contributed by atoms with van der Waals surface area (Å²) in [6.07, 6.45) is 3.49. The summed E-state index contributed by atoms with van der Waals surface area (Å²) < 4.78 is 0.990. The highest BCUT2D eigenvalue weighted by Gasteiger charge is 2.22. The maximum absolute atomic E-state index is 12.1. The zero-order valence-corrected chi connectivity index (χ0v) is 12.2. The van der Waals surface area contributed by atoms with E-state index in [-0.39, 0.29) is 5.91 Å². The van der Waals surface area contributed by atoms with Crippen LogP contribution in [0.25, 0.3) is 0 Å². The first-order valence-electron chi connectivity index (χ1n) is 6.46. The summed E-state index contributed by atoms with van der Waals surface area (Å²) in [5.74, 6) is 0.193. The van der Waals surface area contributed by atoms with Gasteiger partial charge in [-0.2, -0.15) is 0 Å². The van der Waals surface area contributed by atoms with Crippen molar-refractivity contribution in [3.8, 4) is 0 Å². The lowest BCUT2D eigenvalue weighted by atomic mass is 10.0. The van der Waals surface area contributed by atoms with Crippen LogP contribution >= 0.6 is 15.9 Å². The predicted octanol–water partition coefficient (Wildman–Crippen LogP) is 3.26. The number of halogens is 1. The lowest BCUT2D eigenvalue weighted by molar-refractivity contribution is -0.132. The van der Waals surface area contributed by atoms with E-state index in [0.29, 0.717) is 12.6 Å². The molecule has 1 fully saturated rings. The molecule has 4 heteroatoms. The number of hydrogen-bond acceptors (Lipinski definition) is 2. The molecule has 3 nitrogen and oxygen atoms in total. The Morgan fingerprint density at radius 1 is 1.44 bits per heavy atom. The first-order valence-corrected chi connectivity index (χ1v) is 7.25. The molecule has 0 bridgehead atoms. The largest absolute Gasteiger partial charge is 0.375 e. The van der Waals surface area contributed by atoms with E-state index in [1.165, 1.54) is 6.42 Å². The minimum Gasteiger partial charge on any atom is -0.375 e. The highest BCUT2D eigenvalue weighted by molar-refractivity contribution is 9.10. The summed E-state index contributed by atoms with van der Waals surface area (Å²) in [6, 6.07) is 8.24. The number of rotatable bonds is 3. The second-order valence-corrected chi connectivity index (χ2v) is 5.62. The van der Waals surface area contributed by atoms with Gasteiger partial charge in [-0.3, -0.25) is 4.79 Å². The van der Waals surface area contributed by atoms with Crippen molar-refractivity contribution in [3.05, 3.63) is 28.7 Å². The first kappa shape index (κ1) is 13.4. The third-order valence-corrected chi connectivity index (χ3v) is 4.12. The summed E-state index contributed by atoms with van der Waals surface area (Å²) in [6.45, 7) is 3.40. The molecule has 1 unspecified atom stereocenters. The van der Waals surface area contributed by atoms with Crippen LogP contribution in [0.2, 0.25) is 0 Å². The number of nitrogens with one attached hydrogen (secondary N) is 1. The summed E-state index contributed by atoms with van der Waals surface area (Å²) >= 11 is 3.47. The van der Waals surface area contributed by atoms with Crippen molar-refractivity contribution >= 4 is 27.5 Å². The molecule has 0 aliphatic carbocycles. The lowest BCUT2D eigenvalue weighted by Gasteiger charge is -2.33. The van der Waals surface area contributed by atoms with Gasteiger partial charge in [0.25, 0.3) is 0 Å². The summed E-state index contributed by atoms with van der Waals surface area (Å²) in [5.41, 5.74) is 0.968. The number of anilines is 1. The average molecular weight is 311 g/mol. The van der Waals surface area contributed by atoms with E-state index < -0.39 is 0 Å². The van der Waals surface area contributed by atoms with E-state index in [1.807, 2.05) is 29.2 Å². The molecular weight excluding hydrogens is 292 g/mol. The van der Waals surface area contributed by atoms with Gasteiger partial charge in [-0.1, -0.05) is 12.1 Å². The van der Waals surface area contributed by atoms with E-state index >= 15 is 0 Å². The van der Waals surface area contributed by atoms with Crippen LogP contribution in [-0.4, -0.2) is 29.9 Å². The average Bonchev–Trinajstić information content (AvgIpc) is 2.38. The van der Waals surface area contributed by atoms with Crippen LogP contribution in [0.3, 0.4) is 0 Å². The first-order chi connectivity index (χ1) is 8.68. The Morgan fingerprint density at radius 2 is 2.22 bits per heavy atom. The molecule has 1 heterocycles. The van der Waals surface area contributed by atoms with Crippen LogP contribution in [0.1, 0.15) is 26.2 Å². The fourth-order valence-corrected chi connectivity index (χ4v) is 2.77. The fourth-order valence-electron chi connectivity index (χ4n) is 2.35. The van der Waals surface area contributed by atoms with E-state index in [2.05, 4.69) is 28.2 Å².